The second kappa shape index (κ2) is 11.7. The number of rotatable bonds is 9. The Morgan fingerprint density at radius 2 is 1.61 bits per heavy atom. The van der Waals surface area contributed by atoms with Crippen LogP contribution in [0.25, 0.3) is 0 Å². The van der Waals surface area contributed by atoms with Crippen LogP contribution < -0.4 is 0 Å². The van der Waals surface area contributed by atoms with Gasteiger partial charge in [0, 0.05) is 21.1 Å². The Labute approximate surface area is 226 Å². The number of ether oxygens (including phenoxy) is 1. The van der Waals surface area contributed by atoms with Crippen molar-refractivity contribution in [2.45, 2.75) is 63.2 Å². The predicted molar refractivity (Wildman–Crippen MR) is 140 cm³/mol. The summed E-state index contributed by atoms with van der Waals surface area (Å²) >= 11 is 18.7. The van der Waals surface area contributed by atoms with Gasteiger partial charge in [0.2, 0.25) is 0 Å². The summed E-state index contributed by atoms with van der Waals surface area (Å²) in [5, 5.41) is 9.99. The lowest BCUT2D eigenvalue weighted by Gasteiger charge is -2.48. The molecule has 1 heterocycles. The van der Waals surface area contributed by atoms with E-state index in [-0.39, 0.29) is 5.75 Å². The SMILES string of the molecule is CCC(CS(=O)(=O)C(C)C)N1C(=O)C(CC(=O)O)OC(c2cc(Cl)cc(Cl)c2)C1c1ccc(Cl)cc1. The molecule has 2 aromatic rings. The summed E-state index contributed by atoms with van der Waals surface area (Å²) in [4.78, 5) is 26.8. The van der Waals surface area contributed by atoms with Gasteiger partial charge in [-0.05, 0) is 61.7 Å². The Morgan fingerprint density at radius 3 is 2.11 bits per heavy atom. The van der Waals surface area contributed by atoms with E-state index < -0.39 is 57.7 Å². The van der Waals surface area contributed by atoms with Crippen LogP contribution in [0.3, 0.4) is 0 Å². The summed E-state index contributed by atoms with van der Waals surface area (Å²) in [6.07, 6.45) is -2.46. The molecule has 196 valence electrons. The molecule has 7 nitrogen and oxygen atoms in total. The third-order valence-corrected chi connectivity index (χ3v) is 9.19. The third kappa shape index (κ3) is 6.53. The summed E-state index contributed by atoms with van der Waals surface area (Å²) in [5.41, 5.74) is 1.17. The zero-order valence-electron chi connectivity index (χ0n) is 20.0. The molecule has 1 amide bonds. The molecule has 4 atom stereocenters. The number of hydrogen-bond donors (Lipinski definition) is 1. The summed E-state index contributed by atoms with van der Waals surface area (Å²) in [6, 6.07) is 10.1. The number of carboxylic acid groups (broad SMARTS) is 1. The van der Waals surface area contributed by atoms with Crippen LogP contribution in [-0.4, -0.2) is 53.4 Å². The zero-order chi connectivity index (χ0) is 26.8. The van der Waals surface area contributed by atoms with Crippen LogP contribution in [0.4, 0.5) is 0 Å². The van der Waals surface area contributed by atoms with Crippen molar-refractivity contribution >= 4 is 56.5 Å². The monoisotopic (exact) mass is 575 g/mol. The number of sulfone groups is 1. The average Bonchev–Trinajstić information content (AvgIpc) is 2.78. The molecule has 0 aromatic heterocycles. The number of halogens is 3. The molecule has 4 unspecified atom stereocenters. The van der Waals surface area contributed by atoms with E-state index in [1.807, 2.05) is 0 Å². The number of benzene rings is 2. The van der Waals surface area contributed by atoms with Crippen LogP contribution in [0.5, 0.6) is 0 Å². The summed E-state index contributed by atoms with van der Waals surface area (Å²) < 4.78 is 32.0. The van der Waals surface area contributed by atoms with Gasteiger partial charge in [0.15, 0.2) is 9.84 Å². The Morgan fingerprint density at radius 1 is 1.03 bits per heavy atom. The van der Waals surface area contributed by atoms with Gasteiger partial charge in [-0.25, -0.2) is 8.42 Å². The van der Waals surface area contributed by atoms with Crippen LogP contribution in [0, 0.1) is 0 Å². The van der Waals surface area contributed by atoms with Gasteiger partial charge in [-0.1, -0.05) is 53.9 Å². The first kappa shape index (κ1) is 28.7. The summed E-state index contributed by atoms with van der Waals surface area (Å²) in [7, 11) is -3.55. The second-order valence-electron chi connectivity index (χ2n) is 9.03. The van der Waals surface area contributed by atoms with Crippen molar-refractivity contribution in [1.29, 1.82) is 0 Å². The lowest BCUT2D eigenvalue weighted by molar-refractivity contribution is -0.182. The number of carbonyl (C=O) groups is 2. The number of carbonyl (C=O) groups excluding carboxylic acids is 1. The molecule has 2 aromatic carbocycles. The van der Waals surface area contributed by atoms with Crippen molar-refractivity contribution in [3.8, 4) is 0 Å². The minimum atomic E-state index is -3.55. The molecule has 0 radical (unpaired) electrons. The minimum absolute atomic E-state index is 0.278. The third-order valence-electron chi connectivity index (χ3n) is 6.22. The quantitative estimate of drug-likeness (QED) is 0.409. The van der Waals surface area contributed by atoms with E-state index in [0.717, 1.165) is 0 Å². The molecule has 11 heteroatoms. The molecule has 1 fully saturated rings. The largest absolute Gasteiger partial charge is 0.481 e. The highest BCUT2D eigenvalue weighted by atomic mass is 35.5. The topological polar surface area (TPSA) is 101 Å². The molecular weight excluding hydrogens is 549 g/mol. The van der Waals surface area contributed by atoms with Gasteiger partial charge in [0.25, 0.3) is 5.91 Å². The Bertz CT molecular complexity index is 1200. The molecule has 1 N–H and O–H groups in total. The summed E-state index contributed by atoms with van der Waals surface area (Å²) in [6.45, 7) is 4.97. The molecular formula is C25H28Cl3NO6S. The Kier molecular flexibility index (Phi) is 9.33. The van der Waals surface area contributed by atoms with Crippen molar-refractivity contribution in [3.63, 3.8) is 0 Å². The van der Waals surface area contributed by atoms with Crippen molar-refractivity contribution in [2.75, 3.05) is 5.75 Å². The van der Waals surface area contributed by atoms with Crippen LogP contribution in [0.15, 0.2) is 42.5 Å². The lowest BCUT2D eigenvalue weighted by atomic mass is 9.89. The first-order valence-corrected chi connectivity index (χ1v) is 14.3. The smallest absolute Gasteiger partial charge is 0.306 e. The van der Waals surface area contributed by atoms with Crippen LogP contribution in [0.2, 0.25) is 15.1 Å². The fourth-order valence-electron chi connectivity index (χ4n) is 4.31. The van der Waals surface area contributed by atoms with E-state index in [1.165, 1.54) is 4.90 Å². The van der Waals surface area contributed by atoms with Crippen LogP contribution >= 0.6 is 34.8 Å². The molecule has 36 heavy (non-hydrogen) atoms. The van der Waals surface area contributed by atoms with Crippen LogP contribution in [0.1, 0.15) is 56.9 Å². The highest BCUT2D eigenvalue weighted by molar-refractivity contribution is 7.92. The maximum Gasteiger partial charge on any atom is 0.306 e. The minimum Gasteiger partial charge on any atom is -0.481 e. The Hall–Kier alpha value is -1.84. The number of morpholine rings is 1. The van der Waals surface area contributed by atoms with Crippen molar-refractivity contribution in [2.24, 2.45) is 0 Å². The average molecular weight is 577 g/mol. The van der Waals surface area contributed by atoms with E-state index in [9.17, 15) is 23.1 Å². The Balaban J connectivity index is 2.23. The van der Waals surface area contributed by atoms with E-state index in [4.69, 9.17) is 39.5 Å². The molecule has 0 spiro atoms. The predicted octanol–water partition coefficient (Wildman–Crippen LogP) is 5.73. The van der Waals surface area contributed by atoms with E-state index >= 15 is 0 Å². The van der Waals surface area contributed by atoms with Crippen molar-refractivity contribution in [1.82, 2.24) is 4.90 Å². The van der Waals surface area contributed by atoms with E-state index in [2.05, 4.69) is 0 Å². The molecule has 3 rings (SSSR count). The number of carboxylic acids is 1. The van der Waals surface area contributed by atoms with E-state index in [1.54, 1.807) is 63.2 Å². The zero-order valence-corrected chi connectivity index (χ0v) is 23.1. The normalized spacial score (nSPS) is 21.6. The highest BCUT2D eigenvalue weighted by Crippen LogP contribution is 2.45. The fraction of sp³-hybridized carbons (Fsp3) is 0.440. The first-order valence-electron chi connectivity index (χ1n) is 11.5. The maximum absolute atomic E-state index is 13.7. The standard InChI is InChI=1S/C25H28Cl3NO6S/c1-4-20(13-36(33,34)14(2)3)29-23(15-5-7-17(26)8-6-15)24(16-9-18(27)11-19(28)10-16)35-21(25(29)32)12-22(30)31/h5-11,14,20-21,23-24H,4,12-13H2,1-3H3,(H,30,31). The molecule has 1 aliphatic heterocycles. The summed E-state index contributed by atoms with van der Waals surface area (Å²) in [5.74, 6) is -2.09. The van der Waals surface area contributed by atoms with E-state index in [0.29, 0.717) is 32.6 Å². The molecule has 1 saturated heterocycles. The molecule has 1 aliphatic rings. The van der Waals surface area contributed by atoms with Crippen LogP contribution in [-0.2, 0) is 24.2 Å². The van der Waals surface area contributed by atoms with Gasteiger partial charge in [-0.15, -0.1) is 0 Å². The van der Waals surface area contributed by atoms with Gasteiger partial charge in [0.1, 0.15) is 12.2 Å². The first-order chi connectivity index (χ1) is 16.8. The van der Waals surface area contributed by atoms with Gasteiger partial charge < -0.3 is 14.7 Å². The molecule has 0 saturated carbocycles. The van der Waals surface area contributed by atoms with Gasteiger partial charge in [0.05, 0.1) is 23.5 Å². The highest BCUT2D eigenvalue weighted by Gasteiger charge is 2.48. The van der Waals surface area contributed by atoms with Gasteiger partial charge in [-0.2, -0.15) is 0 Å². The number of nitrogens with zero attached hydrogens (tertiary/aromatic N) is 1. The molecule has 0 aliphatic carbocycles. The van der Waals surface area contributed by atoms with Gasteiger partial charge in [-0.3, -0.25) is 9.59 Å². The van der Waals surface area contributed by atoms with Gasteiger partial charge >= 0.3 is 5.97 Å². The fourth-order valence-corrected chi connectivity index (χ4v) is 6.30. The van der Waals surface area contributed by atoms with Crippen molar-refractivity contribution < 1.29 is 27.9 Å². The molecule has 0 bridgehead atoms. The lowest BCUT2D eigenvalue weighted by Crippen LogP contribution is -2.56. The second-order valence-corrected chi connectivity index (χ2v) is 12.9. The van der Waals surface area contributed by atoms with Crippen molar-refractivity contribution in [3.05, 3.63) is 68.7 Å². The maximum atomic E-state index is 13.7. The number of aliphatic carboxylic acids is 1. The number of amides is 1. The number of hydrogen-bond acceptors (Lipinski definition) is 5.